The average molecular weight is 824 g/mol. The van der Waals surface area contributed by atoms with Crippen molar-refractivity contribution in [2.45, 2.75) is 106 Å². The SMILES string of the molecule is CC1(C)C(/C=C/C=C2/N(CCCCCC(=O)NCCCCCCN)c3ccc(S(=O)(=O)O)cc3C2(C)C)=[N+](CCCS(=O)(=O)O)c2ccc(S(=O)(=O)O)cc21. The summed E-state index contributed by atoms with van der Waals surface area (Å²) in [7, 11) is -13.2. The quantitative estimate of drug-likeness (QED) is 0.0655. The first-order chi connectivity index (χ1) is 25.6. The smallest absolute Gasteiger partial charge is 0.294 e. The number of nitrogens with zero attached hydrogens (tertiary/aromatic N) is 2. The zero-order valence-electron chi connectivity index (χ0n) is 32.0. The van der Waals surface area contributed by atoms with Crippen LogP contribution >= 0.6 is 0 Å². The molecule has 0 saturated heterocycles. The zero-order chi connectivity index (χ0) is 40.8. The van der Waals surface area contributed by atoms with Gasteiger partial charge in [-0.3, -0.25) is 18.5 Å². The van der Waals surface area contributed by atoms with Crippen molar-refractivity contribution < 1.29 is 48.3 Å². The number of fused-ring (bicyclic) bond motifs is 2. The first kappa shape index (κ1) is 44.3. The number of carbonyl (C=O) groups is 1. The number of anilines is 1. The number of nitrogens with two attached hydrogens (primary N) is 1. The van der Waals surface area contributed by atoms with Crippen molar-refractivity contribution in [1.29, 1.82) is 0 Å². The van der Waals surface area contributed by atoms with Gasteiger partial charge in [0.1, 0.15) is 6.54 Å². The minimum absolute atomic E-state index is 0.0191. The van der Waals surface area contributed by atoms with Crippen molar-refractivity contribution in [3.05, 3.63) is 71.5 Å². The monoisotopic (exact) mass is 823 g/mol. The molecule has 2 aliphatic heterocycles. The van der Waals surface area contributed by atoms with Gasteiger partial charge in [-0.25, -0.2) is 0 Å². The molecule has 0 spiro atoms. The molecule has 0 saturated carbocycles. The maximum absolute atomic E-state index is 12.4. The maximum atomic E-state index is 12.4. The highest BCUT2D eigenvalue weighted by atomic mass is 32.2. The molecule has 0 atom stereocenters. The molecule has 304 valence electrons. The third kappa shape index (κ3) is 11.1. The Bertz CT molecular complexity index is 2180. The highest BCUT2D eigenvalue weighted by molar-refractivity contribution is 7.86. The first-order valence-electron chi connectivity index (χ1n) is 18.6. The first-order valence-corrected chi connectivity index (χ1v) is 23.1. The largest absolute Gasteiger partial charge is 0.356 e. The average Bonchev–Trinajstić information content (AvgIpc) is 3.42. The van der Waals surface area contributed by atoms with E-state index in [1.54, 1.807) is 12.1 Å². The van der Waals surface area contributed by atoms with Gasteiger partial charge in [-0.1, -0.05) is 39.2 Å². The van der Waals surface area contributed by atoms with E-state index < -0.39 is 46.9 Å². The second-order valence-electron chi connectivity index (χ2n) is 15.2. The van der Waals surface area contributed by atoms with E-state index in [9.17, 15) is 43.7 Å². The van der Waals surface area contributed by atoms with Gasteiger partial charge in [0.15, 0.2) is 5.71 Å². The molecular formula is C38H55N4O10S3+. The van der Waals surface area contributed by atoms with Gasteiger partial charge in [-0.15, -0.1) is 0 Å². The molecule has 0 radical (unpaired) electrons. The lowest BCUT2D eigenvalue weighted by Crippen LogP contribution is -2.29. The highest BCUT2D eigenvalue weighted by Gasteiger charge is 2.45. The summed E-state index contributed by atoms with van der Waals surface area (Å²) in [4.78, 5) is 14.0. The van der Waals surface area contributed by atoms with Crippen molar-refractivity contribution >= 4 is 53.3 Å². The van der Waals surface area contributed by atoms with Crippen LogP contribution in [0.25, 0.3) is 0 Å². The van der Waals surface area contributed by atoms with Gasteiger partial charge in [0.2, 0.25) is 11.6 Å². The molecule has 4 rings (SSSR count). The number of hydrogen-bond donors (Lipinski definition) is 5. The minimum atomic E-state index is -4.50. The molecule has 2 aromatic rings. The molecule has 6 N–H and O–H groups in total. The minimum Gasteiger partial charge on any atom is -0.356 e. The molecule has 2 aromatic carbocycles. The van der Waals surface area contributed by atoms with Crippen LogP contribution in [0, 0.1) is 0 Å². The third-order valence-corrected chi connectivity index (χ3v) is 12.9. The van der Waals surface area contributed by atoms with Gasteiger partial charge in [-0.2, -0.15) is 29.8 Å². The van der Waals surface area contributed by atoms with Crippen LogP contribution in [0.3, 0.4) is 0 Å². The maximum Gasteiger partial charge on any atom is 0.294 e. The summed E-state index contributed by atoms with van der Waals surface area (Å²) < 4.78 is 102. The van der Waals surface area contributed by atoms with Gasteiger partial charge >= 0.3 is 0 Å². The summed E-state index contributed by atoms with van der Waals surface area (Å²) in [6.45, 7) is 9.76. The van der Waals surface area contributed by atoms with E-state index in [1.165, 1.54) is 24.3 Å². The Morgan fingerprint density at radius 2 is 1.42 bits per heavy atom. The number of allylic oxidation sites excluding steroid dienone is 4. The van der Waals surface area contributed by atoms with Gasteiger partial charge in [0.05, 0.1) is 21.0 Å². The van der Waals surface area contributed by atoms with Crippen molar-refractivity contribution in [3.63, 3.8) is 0 Å². The zero-order valence-corrected chi connectivity index (χ0v) is 34.4. The lowest BCUT2D eigenvalue weighted by molar-refractivity contribution is -0.437. The van der Waals surface area contributed by atoms with Crippen LogP contribution in [0.2, 0.25) is 0 Å². The van der Waals surface area contributed by atoms with Crippen molar-refractivity contribution in [1.82, 2.24) is 5.32 Å². The molecule has 0 unspecified atom stereocenters. The lowest BCUT2D eigenvalue weighted by Gasteiger charge is -2.27. The highest BCUT2D eigenvalue weighted by Crippen LogP contribution is 2.49. The normalized spacial score (nSPS) is 17.3. The molecule has 0 fully saturated rings. The molecule has 14 nitrogen and oxygen atoms in total. The summed E-state index contributed by atoms with van der Waals surface area (Å²) >= 11 is 0. The number of benzene rings is 2. The summed E-state index contributed by atoms with van der Waals surface area (Å²) in [5, 5.41) is 2.98. The molecular weight excluding hydrogens is 769 g/mol. The van der Waals surface area contributed by atoms with Crippen molar-refractivity contribution in [2.24, 2.45) is 5.73 Å². The van der Waals surface area contributed by atoms with E-state index in [1.807, 2.05) is 50.5 Å². The molecule has 55 heavy (non-hydrogen) atoms. The van der Waals surface area contributed by atoms with E-state index in [0.29, 0.717) is 55.0 Å². The molecule has 2 aliphatic rings. The van der Waals surface area contributed by atoms with Crippen LogP contribution in [0.1, 0.15) is 96.6 Å². The third-order valence-electron chi connectivity index (χ3n) is 10.4. The number of hydrogen-bond acceptors (Lipinski definition) is 9. The molecule has 0 bridgehead atoms. The molecule has 1 amide bonds. The van der Waals surface area contributed by atoms with Gasteiger partial charge in [-0.05, 0) is 88.0 Å². The topological polar surface area (TPSA) is 224 Å². The number of amides is 1. The molecule has 17 heteroatoms. The Hall–Kier alpha value is -3.45. The Balaban J connectivity index is 1.62. The van der Waals surface area contributed by atoms with Crippen LogP contribution in [0.5, 0.6) is 0 Å². The fourth-order valence-electron chi connectivity index (χ4n) is 7.42. The Labute approximate surface area is 325 Å². The number of unbranched alkanes of at least 4 members (excludes halogenated alkanes) is 5. The lowest BCUT2D eigenvalue weighted by atomic mass is 9.81. The van der Waals surface area contributed by atoms with Gasteiger partial charge < -0.3 is 16.0 Å². The Morgan fingerprint density at radius 1 is 0.800 bits per heavy atom. The summed E-state index contributed by atoms with van der Waals surface area (Å²) in [5.41, 5.74) is 8.32. The molecule has 0 aliphatic carbocycles. The summed E-state index contributed by atoms with van der Waals surface area (Å²) in [6.07, 6.45) is 12.3. The Morgan fingerprint density at radius 3 is 2.05 bits per heavy atom. The van der Waals surface area contributed by atoms with Crippen LogP contribution in [0.15, 0.2) is 70.1 Å². The van der Waals surface area contributed by atoms with E-state index in [2.05, 4.69) is 10.2 Å². The van der Waals surface area contributed by atoms with Gasteiger partial charge in [0, 0.05) is 60.4 Å². The number of carbonyl (C=O) groups excluding carboxylic acids is 1. The molecule has 2 heterocycles. The predicted octanol–water partition coefficient (Wildman–Crippen LogP) is 5.27. The predicted molar refractivity (Wildman–Crippen MR) is 213 cm³/mol. The van der Waals surface area contributed by atoms with Crippen LogP contribution < -0.4 is 16.0 Å². The van der Waals surface area contributed by atoms with E-state index in [-0.39, 0.29) is 28.7 Å². The standard InChI is InChI=1S/C38H54N4O10S3/c1-37(2)30-26-28(54(47,48)49)17-19-32(30)41(23-11-7-8-16-36(43)40-22-10-6-5-9-21-39)34(37)14-12-15-35-38(3,4)31-27-29(55(50,51)52)18-20-33(31)42(35)24-13-25-53(44,45)46/h12,14-15,17-20,26-27H,5-11,13,16,21-25,39H2,1-4H3,(H3-,40,43,44,45,46,47,48,49,50,51,52)/p+1. The fourth-order valence-corrected chi connectivity index (χ4v) is 8.93. The van der Waals surface area contributed by atoms with Crippen LogP contribution in [0.4, 0.5) is 11.4 Å². The van der Waals surface area contributed by atoms with Gasteiger partial charge in [0.25, 0.3) is 30.4 Å². The van der Waals surface area contributed by atoms with E-state index in [0.717, 1.165) is 49.9 Å². The van der Waals surface area contributed by atoms with E-state index >= 15 is 0 Å². The van der Waals surface area contributed by atoms with Crippen LogP contribution in [-0.2, 0) is 46.0 Å². The number of rotatable bonds is 20. The van der Waals surface area contributed by atoms with E-state index in [4.69, 9.17) is 5.73 Å². The second kappa shape index (κ2) is 17.8. The van der Waals surface area contributed by atoms with Crippen molar-refractivity contribution in [2.75, 3.05) is 36.8 Å². The second-order valence-corrected chi connectivity index (χ2v) is 19.6. The Kier molecular flexibility index (Phi) is 14.3. The van der Waals surface area contributed by atoms with Crippen LogP contribution in [-0.4, -0.2) is 87.0 Å². The van der Waals surface area contributed by atoms with Crippen molar-refractivity contribution in [3.8, 4) is 0 Å². The summed E-state index contributed by atoms with van der Waals surface area (Å²) in [5.74, 6) is -0.456. The molecule has 0 aromatic heterocycles. The summed E-state index contributed by atoms with van der Waals surface area (Å²) in [6, 6.07) is 8.78. The fraction of sp³-hybridized carbons (Fsp3) is 0.526. The number of nitrogens with one attached hydrogen (secondary N) is 1.